The van der Waals surface area contributed by atoms with Gasteiger partial charge in [0.05, 0.1) is 5.25 Å². The smallest absolute Gasteiger partial charge is 0.322 e. The van der Waals surface area contributed by atoms with Crippen LogP contribution in [0.4, 0.5) is 0 Å². The van der Waals surface area contributed by atoms with Crippen molar-refractivity contribution in [2.45, 2.75) is 43.5 Å². The minimum Gasteiger partial charge on any atom is -0.480 e. The first-order valence-corrected chi connectivity index (χ1v) is 9.84. The van der Waals surface area contributed by atoms with Gasteiger partial charge in [-0.05, 0) is 13.3 Å². The van der Waals surface area contributed by atoms with Gasteiger partial charge in [0.25, 0.3) is 0 Å². The molecule has 0 aromatic carbocycles. The highest BCUT2D eigenvalue weighted by Crippen LogP contribution is 2.25. The maximum absolute atomic E-state index is 12.2. The van der Waals surface area contributed by atoms with Crippen molar-refractivity contribution in [3.63, 3.8) is 0 Å². The number of imide groups is 1. The van der Waals surface area contributed by atoms with Gasteiger partial charge < -0.3 is 26.6 Å². The molecule has 1 rings (SSSR count). The lowest BCUT2D eigenvalue weighted by molar-refractivity contribution is -0.139. The SMILES string of the molecule is CCN1C(=O)CC(SC[C@H](NC(=O)CC[C@H](N)C(=O)O)C(=O)NCC(=O)O)C1=O. The van der Waals surface area contributed by atoms with Gasteiger partial charge in [0.2, 0.25) is 23.6 Å². The van der Waals surface area contributed by atoms with Crippen molar-refractivity contribution >= 4 is 47.3 Å². The second-order valence-electron chi connectivity index (χ2n) is 6.22. The molecule has 3 atom stereocenters. The van der Waals surface area contributed by atoms with Gasteiger partial charge in [-0.25, -0.2) is 0 Å². The summed E-state index contributed by atoms with van der Waals surface area (Å²) in [6, 6.07) is -2.41. The molecule has 1 saturated heterocycles. The molecule has 1 fully saturated rings. The Balaban J connectivity index is 2.70. The second kappa shape index (κ2) is 11.4. The zero-order chi connectivity index (χ0) is 22.1. The quantitative estimate of drug-likeness (QED) is 0.210. The van der Waals surface area contributed by atoms with E-state index in [0.29, 0.717) is 0 Å². The Kier molecular flexibility index (Phi) is 9.55. The number of hydrogen-bond donors (Lipinski definition) is 5. The number of hydrogen-bond acceptors (Lipinski definition) is 8. The van der Waals surface area contributed by atoms with Crippen LogP contribution in [0.5, 0.6) is 0 Å². The lowest BCUT2D eigenvalue weighted by atomic mass is 10.1. The van der Waals surface area contributed by atoms with E-state index in [0.717, 1.165) is 16.7 Å². The van der Waals surface area contributed by atoms with Gasteiger partial charge in [-0.1, -0.05) is 0 Å². The molecule has 29 heavy (non-hydrogen) atoms. The van der Waals surface area contributed by atoms with E-state index in [4.69, 9.17) is 15.9 Å². The first kappa shape index (κ1) is 24.4. The monoisotopic (exact) mass is 432 g/mol. The average Bonchev–Trinajstić information content (AvgIpc) is 2.93. The molecule has 0 saturated carbocycles. The Labute approximate surface area is 170 Å². The van der Waals surface area contributed by atoms with Crippen LogP contribution in [0, 0.1) is 0 Å². The van der Waals surface area contributed by atoms with E-state index in [1.807, 2.05) is 0 Å². The van der Waals surface area contributed by atoms with E-state index in [2.05, 4.69) is 10.6 Å². The summed E-state index contributed by atoms with van der Waals surface area (Å²) in [5.74, 6) is -4.77. The Morgan fingerprint density at radius 3 is 2.45 bits per heavy atom. The molecule has 4 amide bonds. The summed E-state index contributed by atoms with van der Waals surface area (Å²) in [5.41, 5.74) is 5.33. The largest absolute Gasteiger partial charge is 0.480 e. The van der Waals surface area contributed by atoms with E-state index in [1.165, 1.54) is 0 Å². The average molecular weight is 432 g/mol. The van der Waals surface area contributed by atoms with Gasteiger partial charge in [-0.2, -0.15) is 0 Å². The van der Waals surface area contributed by atoms with Gasteiger partial charge >= 0.3 is 11.9 Å². The summed E-state index contributed by atoms with van der Waals surface area (Å²) in [5, 5.41) is 21.2. The molecule has 1 aliphatic rings. The Morgan fingerprint density at radius 2 is 1.93 bits per heavy atom. The third-order valence-corrected chi connectivity index (χ3v) is 5.34. The van der Waals surface area contributed by atoms with Crippen molar-refractivity contribution in [3.8, 4) is 0 Å². The molecule has 0 spiro atoms. The maximum atomic E-state index is 12.2. The second-order valence-corrected chi connectivity index (χ2v) is 7.45. The van der Waals surface area contributed by atoms with Crippen molar-refractivity contribution < 1.29 is 39.0 Å². The third kappa shape index (κ3) is 7.69. The van der Waals surface area contributed by atoms with Gasteiger partial charge in [-0.15, -0.1) is 11.8 Å². The molecular formula is C16H24N4O8S. The summed E-state index contributed by atoms with van der Waals surface area (Å²) in [6.07, 6.45) is -0.438. The lowest BCUT2D eigenvalue weighted by Gasteiger charge is -2.19. The number of nitrogens with one attached hydrogen (secondary N) is 2. The summed E-state index contributed by atoms with van der Waals surface area (Å²) in [7, 11) is 0. The Bertz CT molecular complexity index is 686. The first-order valence-electron chi connectivity index (χ1n) is 8.79. The van der Waals surface area contributed by atoms with Crippen LogP contribution < -0.4 is 16.4 Å². The standard InChI is InChI=1S/C16H24N4O8S/c1-2-20-12(22)5-10(15(20)26)29-7-9(14(25)18-6-13(23)24)19-11(21)4-3-8(17)16(27)28/h8-10H,2-7,17H2,1H3,(H,18,25)(H,19,21)(H,23,24)(H,27,28)/t8-,9-,10?/m0/s1. The van der Waals surface area contributed by atoms with E-state index < -0.39 is 47.6 Å². The molecule has 0 aromatic rings. The highest BCUT2D eigenvalue weighted by atomic mass is 32.2. The number of likely N-dealkylation sites (tertiary alicyclic amines) is 1. The van der Waals surface area contributed by atoms with E-state index in [1.54, 1.807) is 6.92 Å². The fourth-order valence-corrected chi connectivity index (χ4v) is 3.66. The van der Waals surface area contributed by atoms with E-state index >= 15 is 0 Å². The van der Waals surface area contributed by atoms with Crippen LogP contribution in [0.15, 0.2) is 0 Å². The molecule has 6 N–H and O–H groups in total. The van der Waals surface area contributed by atoms with Gasteiger partial charge in [-0.3, -0.25) is 33.7 Å². The molecule has 0 aromatic heterocycles. The highest BCUT2D eigenvalue weighted by Gasteiger charge is 2.38. The van der Waals surface area contributed by atoms with Crippen molar-refractivity contribution in [2.24, 2.45) is 5.73 Å². The Hall–Kier alpha value is -2.67. The molecule has 12 nitrogen and oxygen atoms in total. The van der Waals surface area contributed by atoms with Crippen LogP contribution >= 0.6 is 11.8 Å². The predicted molar refractivity (Wildman–Crippen MR) is 101 cm³/mol. The summed E-state index contributed by atoms with van der Waals surface area (Å²) < 4.78 is 0. The lowest BCUT2D eigenvalue weighted by Crippen LogP contribution is -2.50. The zero-order valence-electron chi connectivity index (χ0n) is 15.8. The van der Waals surface area contributed by atoms with Gasteiger partial charge in [0.1, 0.15) is 18.6 Å². The Morgan fingerprint density at radius 1 is 1.28 bits per heavy atom. The van der Waals surface area contributed by atoms with Gasteiger partial charge in [0.15, 0.2) is 0 Å². The third-order valence-electron chi connectivity index (χ3n) is 4.05. The van der Waals surface area contributed by atoms with E-state index in [-0.39, 0.29) is 43.4 Å². The van der Waals surface area contributed by atoms with E-state index in [9.17, 15) is 28.8 Å². The zero-order valence-corrected chi connectivity index (χ0v) is 16.6. The molecule has 1 unspecified atom stereocenters. The molecule has 13 heteroatoms. The molecule has 0 aliphatic carbocycles. The van der Waals surface area contributed by atoms with Crippen molar-refractivity contribution in [1.29, 1.82) is 0 Å². The number of carbonyl (C=O) groups excluding carboxylic acids is 4. The van der Waals surface area contributed by atoms with Crippen LogP contribution in [0.1, 0.15) is 26.2 Å². The van der Waals surface area contributed by atoms with Crippen LogP contribution in [-0.2, 0) is 28.8 Å². The number of amides is 4. The van der Waals surface area contributed by atoms with Crippen molar-refractivity contribution in [1.82, 2.24) is 15.5 Å². The maximum Gasteiger partial charge on any atom is 0.322 e. The highest BCUT2D eigenvalue weighted by molar-refractivity contribution is 8.00. The first-order chi connectivity index (χ1) is 13.6. The normalized spacial score (nSPS) is 18.3. The van der Waals surface area contributed by atoms with Crippen LogP contribution in [0.2, 0.25) is 0 Å². The fourth-order valence-electron chi connectivity index (χ4n) is 2.47. The molecule has 1 aliphatic heterocycles. The minimum atomic E-state index is -1.28. The number of nitrogens with zero attached hydrogens (tertiary/aromatic N) is 1. The number of aliphatic carboxylic acids is 2. The van der Waals surface area contributed by atoms with Crippen LogP contribution in [-0.4, -0.2) is 86.9 Å². The summed E-state index contributed by atoms with van der Waals surface area (Å²) in [4.78, 5) is 70.6. The number of carboxylic acids is 2. The molecular weight excluding hydrogens is 408 g/mol. The predicted octanol–water partition coefficient (Wildman–Crippen LogP) is -2.26. The molecule has 0 radical (unpaired) electrons. The van der Waals surface area contributed by atoms with Crippen LogP contribution in [0.25, 0.3) is 0 Å². The summed E-state index contributed by atoms with van der Waals surface area (Å²) >= 11 is 1.00. The fraction of sp³-hybridized carbons (Fsp3) is 0.625. The number of rotatable bonds is 12. The molecule has 0 bridgehead atoms. The number of carboxylic acid groups (broad SMARTS) is 2. The summed E-state index contributed by atoms with van der Waals surface area (Å²) in [6.45, 7) is 1.23. The number of carbonyl (C=O) groups is 6. The number of nitrogens with two attached hydrogens (primary N) is 1. The van der Waals surface area contributed by atoms with Gasteiger partial charge in [0, 0.05) is 25.1 Å². The minimum absolute atomic E-state index is 0.0256. The number of thioether (sulfide) groups is 1. The topological polar surface area (TPSA) is 196 Å². The van der Waals surface area contributed by atoms with Crippen molar-refractivity contribution in [2.75, 3.05) is 18.8 Å². The molecule has 162 valence electrons. The molecule has 1 heterocycles. The van der Waals surface area contributed by atoms with Crippen LogP contribution in [0.3, 0.4) is 0 Å². The van der Waals surface area contributed by atoms with Crippen molar-refractivity contribution in [3.05, 3.63) is 0 Å².